The minimum atomic E-state index is 0.664. The predicted octanol–water partition coefficient (Wildman–Crippen LogP) is 2.63. The molecule has 60 valence electrons. The number of ether oxygens (including phenoxy) is 1. The van der Waals surface area contributed by atoms with Gasteiger partial charge in [-0.15, -0.1) is 6.58 Å². The van der Waals surface area contributed by atoms with Crippen LogP contribution in [-0.2, 0) is 4.74 Å². The van der Waals surface area contributed by atoms with E-state index in [2.05, 4.69) is 13.5 Å². The van der Waals surface area contributed by atoms with E-state index in [0.717, 1.165) is 6.61 Å². The Labute approximate surface area is 64.1 Å². The molecule has 0 aromatic rings. The van der Waals surface area contributed by atoms with Gasteiger partial charge in [-0.05, 0) is 18.8 Å². The Morgan fingerprint density at radius 2 is 2.20 bits per heavy atom. The van der Waals surface area contributed by atoms with Crippen LogP contribution < -0.4 is 0 Å². The fourth-order valence-electron chi connectivity index (χ4n) is 0.831. The van der Waals surface area contributed by atoms with E-state index in [1.807, 2.05) is 6.08 Å². The number of allylic oxidation sites excluding steroid dienone is 1. The summed E-state index contributed by atoms with van der Waals surface area (Å²) in [5.41, 5.74) is 0. The molecule has 1 heteroatoms. The van der Waals surface area contributed by atoms with E-state index in [1.165, 1.54) is 19.3 Å². The molecule has 0 aromatic carbocycles. The van der Waals surface area contributed by atoms with Crippen molar-refractivity contribution in [3.8, 4) is 0 Å². The lowest BCUT2D eigenvalue weighted by Gasteiger charge is -2.03. The van der Waals surface area contributed by atoms with Crippen LogP contribution in [0.2, 0.25) is 0 Å². The highest BCUT2D eigenvalue weighted by atomic mass is 16.5. The van der Waals surface area contributed by atoms with Crippen LogP contribution in [0.5, 0.6) is 0 Å². The van der Waals surface area contributed by atoms with Gasteiger partial charge < -0.3 is 4.74 Å². The van der Waals surface area contributed by atoms with E-state index < -0.39 is 0 Å². The zero-order valence-corrected chi connectivity index (χ0v) is 7.10. The summed E-state index contributed by atoms with van der Waals surface area (Å²) >= 11 is 0. The standard InChI is InChI=1S/C9H18O/c1-4-9(2)7-5-6-8-10-3/h4,9H,1,5-8H2,2-3H3. The molecule has 0 N–H and O–H groups in total. The van der Waals surface area contributed by atoms with E-state index in [-0.39, 0.29) is 0 Å². The third kappa shape index (κ3) is 5.83. The number of methoxy groups -OCH3 is 1. The van der Waals surface area contributed by atoms with Gasteiger partial charge in [0.1, 0.15) is 0 Å². The summed E-state index contributed by atoms with van der Waals surface area (Å²) in [4.78, 5) is 0. The van der Waals surface area contributed by atoms with Crippen molar-refractivity contribution < 1.29 is 4.74 Å². The van der Waals surface area contributed by atoms with Crippen LogP contribution in [0.3, 0.4) is 0 Å². The second-order valence-corrected chi connectivity index (χ2v) is 2.70. The van der Waals surface area contributed by atoms with Crippen LogP contribution in [0.25, 0.3) is 0 Å². The van der Waals surface area contributed by atoms with Crippen molar-refractivity contribution >= 4 is 0 Å². The Bertz CT molecular complexity index is 78.8. The predicted molar refractivity (Wildman–Crippen MR) is 45.1 cm³/mol. The summed E-state index contributed by atoms with van der Waals surface area (Å²) in [5.74, 6) is 0.664. The maximum absolute atomic E-state index is 4.93. The normalized spacial score (nSPS) is 13.0. The Hall–Kier alpha value is -0.300. The third-order valence-electron chi connectivity index (χ3n) is 1.66. The van der Waals surface area contributed by atoms with E-state index in [0.29, 0.717) is 5.92 Å². The summed E-state index contributed by atoms with van der Waals surface area (Å²) in [6, 6.07) is 0. The largest absolute Gasteiger partial charge is 0.385 e. The molecular weight excluding hydrogens is 124 g/mol. The Kier molecular flexibility index (Phi) is 6.61. The molecule has 0 fully saturated rings. The molecule has 1 atom stereocenters. The van der Waals surface area contributed by atoms with Crippen molar-refractivity contribution in [1.82, 2.24) is 0 Å². The molecule has 0 aliphatic carbocycles. The SMILES string of the molecule is C=CC(C)CCCCOC. The van der Waals surface area contributed by atoms with Gasteiger partial charge >= 0.3 is 0 Å². The maximum atomic E-state index is 4.93. The zero-order chi connectivity index (χ0) is 7.82. The molecule has 0 aromatic heterocycles. The summed E-state index contributed by atoms with van der Waals surface area (Å²) < 4.78 is 4.93. The van der Waals surface area contributed by atoms with E-state index in [9.17, 15) is 0 Å². The average molecular weight is 142 g/mol. The molecule has 1 nitrogen and oxygen atoms in total. The van der Waals surface area contributed by atoms with E-state index >= 15 is 0 Å². The minimum absolute atomic E-state index is 0.664. The molecule has 0 aliphatic rings. The van der Waals surface area contributed by atoms with Crippen LogP contribution in [0, 0.1) is 5.92 Å². The highest BCUT2D eigenvalue weighted by Crippen LogP contribution is 2.07. The first-order chi connectivity index (χ1) is 4.81. The van der Waals surface area contributed by atoms with Crippen LogP contribution >= 0.6 is 0 Å². The van der Waals surface area contributed by atoms with Crippen molar-refractivity contribution in [2.24, 2.45) is 5.92 Å². The first kappa shape index (κ1) is 9.70. The molecule has 0 radical (unpaired) electrons. The molecule has 0 amide bonds. The fourth-order valence-corrected chi connectivity index (χ4v) is 0.831. The van der Waals surface area contributed by atoms with E-state index in [4.69, 9.17) is 4.74 Å². The number of rotatable bonds is 6. The summed E-state index contributed by atoms with van der Waals surface area (Å²) in [7, 11) is 1.75. The smallest absolute Gasteiger partial charge is 0.0462 e. The quantitative estimate of drug-likeness (QED) is 0.409. The van der Waals surface area contributed by atoms with Crippen LogP contribution in [0.1, 0.15) is 26.2 Å². The van der Waals surface area contributed by atoms with Gasteiger partial charge in [0.2, 0.25) is 0 Å². The Morgan fingerprint density at radius 1 is 1.50 bits per heavy atom. The molecular formula is C9H18O. The Balaban J connectivity index is 2.95. The van der Waals surface area contributed by atoms with Crippen LogP contribution in [0.4, 0.5) is 0 Å². The highest BCUT2D eigenvalue weighted by Gasteiger charge is 1.94. The number of hydrogen-bond donors (Lipinski definition) is 0. The molecule has 0 saturated carbocycles. The summed E-state index contributed by atoms with van der Waals surface area (Å²) in [5, 5.41) is 0. The first-order valence-corrected chi connectivity index (χ1v) is 3.92. The lowest BCUT2D eigenvalue weighted by molar-refractivity contribution is 0.191. The molecule has 1 unspecified atom stereocenters. The summed E-state index contributed by atoms with van der Waals surface area (Å²) in [6.07, 6.45) is 5.68. The molecule has 0 rings (SSSR count). The van der Waals surface area contributed by atoms with Gasteiger partial charge in [0.15, 0.2) is 0 Å². The van der Waals surface area contributed by atoms with Crippen molar-refractivity contribution in [1.29, 1.82) is 0 Å². The number of hydrogen-bond acceptors (Lipinski definition) is 1. The van der Waals surface area contributed by atoms with Crippen molar-refractivity contribution in [3.05, 3.63) is 12.7 Å². The third-order valence-corrected chi connectivity index (χ3v) is 1.66. The van der Waals surface area contributed by atoms with Gasteiger partial charge in [-0.1, -0.05) is 19.4 Å². The lowest BCUT2D eigenvalue weighted by Crippen LogP contribution is -1.92. The van der Waals surface area contributed by atoms with Gasteiger partial charge in [0.25, 0.3) is 0 Å². The van der Waals surface area contributed by atoms with Gasteiger partial charge in [0.05, 0.1) is 0 Å². The lowest BCUT2D eigenvalue weighted by atomic mass is 10.1. The maximum Gasteiger partial charge on any atom is 0.0462 e. The van der Waals surface area contributed by atoms with Crippen LogP contribution in [0.15, 0.2) is 12.7 Å². The molecule has 0 heterocycles. The van der Waals surface area contributed by atoms with Gasteiger partial charge in [0, 0.05) is 13.7 Å². The Morgan fingerprint density at radius 3 is 2.70 bits per heavy atom. The molecule has 0 bridgehead atoms. The van der Waals surface area contributed by atoms with Crippen LogP contribution in [-0.4, -0.2) is 13.7 Å². The monoisotopic (exact) mass is 142 g/mol. The highest BCUT2D eigenvalue weighted by molar-refractivity contribution is 4.74. The van der Waals surface area contributed by atoms with Gasteiger partial charge in [-0.3, -0.25) is 0 Å². The number of unbranched alkanes of at least 4 members (excludes halogenated alkanes) is 1. The molecule has 0 aliphatic heterocycles. The minimum Gasteiger partial charge on any atom is -0.385 e. The topological polar surface area (TPSA) is 9.23 Å². The first-order valence-electron chi connectivity index (χ1n) is 3.92. The average Bonchev–Trinajstić information content (AvgIpc) is 1.98. The summed E-state index contributed by atoms with van der Waals surface area (Å²) in [6.45, 7) is 6.82. The van der Waals surface area contributed by atoms with Crippen molar-refractivity contribution in [2.45, 2.75) is 26.2 Å². The van der Waals surface area contributed by atoms with Crippen molar-refractivity contribution in [3.63, 3.8) is 0 Å². The molecule has 0 spiro atoms. The van der Waals surface area contributed by atoms with Crippen molar-refractivity contribution in [2.75, 3.05) is 13.7 Å². The second kappa shape index (κ2) is 6.81. The van der Waals surface area contributed by atoms with Gasteiger partial charge in [-0.2, -0.15) is 0 Å². The molecule has 0 saturated heterocycles. The second-order valence-electron chi connectivity index (χ2n) is 2.70. The van der Waals surface area contributed by atoms with E-state index in [1.54, 1.807) is 7.11 Å². The molecule has 10 heavy (non-hydrogen) atoms. The zero-order valence-electron chi connectivity index (χ0n) is 7.10. The van der Waals surface area contributed by atoms with Gasteiger partial charge in [-0.25, -0.2) is 0 Å². The fraction of sp³-hybridized carbons (Fsp3) is 0.778.